The van der Waals surface area contributed by atoms with Gasteiger partial charge in [-0.25, -0.2) is 5.43 Å². The van der Waals surface area contributed by atoms with Crippen LogP contribution in [0.5, 0.6) is 0 Å². The van der Waals surface area contributed by atoms with Crippen LogP contribution in [0.3, 0.4) is 0 Å². The van der Waals surface area contributed by atoms with E-state index in [0.29, 0.717) is 5.56 Å². The van der Waals surface area contributed by atoms with Gasteiger partial charge in [0.15, 0.2) is 0 Å². The number of pyridine rings is 1. The van der Waals surface area contributed by atoms with Crippen LogP contribution < -0.4 is 5.43 Å². The molecule has 0 aromatic carbocycles. The summed E-state index contributed by atoms with van der Waals surface area (Å²) in [6, 6.07) is 7.36. The maximum absolute atomic E-state index is 11.6. The molecule has 1 N–H and O–H groups in total. The van der Waals surface area contributed by atoms with Crippen LogP contribution in [-0.2, 0) is 0 Å². The van der Waals surface area contributed by atoms with E-state index in [1.54, 1.807) is 35.9 Å². The first-order valence-corrected chi connectivity index (χ1v) is 5.87. The summed E-state index contributed by atoms with van der Waals surface area (Å²) in [6.45, 7) is 2.02. The molecule has 2 heterocycles. The highest BCUT2D eigenvalue weighted by Crippen LogP contribution is 2.12. The summed E-state index contributed by atoms with van der Waals surface area (Å²) >= 11 is 1.62. The highest BCUT2D eigenvalue weighted by atomic mass is 32.1. The minimum Gasteiger partial charge on any atom is -0.267 e. The number of thiophene rings is 1. The molecule has 2 aromatic rings. The van der Waals surface area contributed by atoms with Gasteiger partial charge in [0.1, 0.15) is 0 Å². The molecule has 0 spiro atoms. The van der Waals surface area contributed by atoms with Crippen LogP contribution in [0.4, 0.5) is 0 Å². The van der Waals surface area contributed by atoms with Crippen molar-refractivity contribution in [1.82, 2.24) is 10.4 Å². The number of nitrogens with one attached hydrogen (secondary N) is 1. The largest absolute Gasteiger partial charge is 0.272 e. The second kappa shape index (κ2) is 5.36. The maximum atomic E-state index is 11.6. The van der Waals surface area contributed by atoms with Crippen molar-refractivity contribution in [3.63, 3.8) is 0 Å². The van der Waals surface area contributed by atoms with E-state index >= 15 is 0 Å². The number of aryl methyl sites for hydroxylation is 1. The van der Waals surface area contributed by atoms with Crippen molar-refractivity contribution < 1.29 is 4.79 Å². The molecule has 0 atom stereocenters. The molecule has 0 saturated carbocycles. The summed E-state index contributed by atoms with van der Waals surface area (Å²) in [6.07, 6.45) is 4.75. The number of carbonyl (C=O) groups excluding carboxylic acids is 1. The number of carbonyl (C=O) groups is 1. The quantitative estimate of drug-likeness (QED) is 0.666. The molecule has 2 aromatic heterocycles. The lowest BCUT2D eigenvalue weighted by Gasteiger charge is -1.97. The van der Waals surface area contributed by atoms with Crippen molar-refractivity contribution in [3.05, 3.63) is 52.0 Å². The minimum atomic E-state index is -0.261. The molecule has 4 nitrogen and oxygen atoms in total. The first kappa shape index (κ1) is 11.5. The lowest BCUT2D eigenvalue weighted by molar-refractivity contribution is 0.0955. The second-order valence-corrected chi connectivity index (χ2v) is 4.71. The number of amides is 1. The zero-order chi connectivity index (χ0) is 12.1. The number of nitrogens with zero attached hydrogens (tertiary/aromatic N) is 2. The van der Waals surface area contributed by atoms with E-state index < -0.39 is 0 Å². The topological polar surface area (TPSA) is 54.4 Å². The Kier molecular flexibility index (Phi) is 3.62. The minimum absolute atomic E-state index is 0.261. The van der Waals surface area contributed by atoms with Gasteiger partial charge in [-0.15, -0.1) is 11.3 Å². The molecule has 5 heteroatoms. The molecule has 0 radical (unpaired) electrons. The zero-order valence-electron chi connectivity index (χ0n) is 9.25. The van der Waals surface area contributed by atoms with E-state index in [-0.39, 0.29) is 5.91 Å². The predicted molar refractivity (Wildman–Crippen MR) is 68.4 cm³/mol. The third kappa shape index (κ3) is 3.22. The van der Waals surface area contributed by atoms with Gasteiger partial charge in [0.05, 0.1) is 11.8 Å². The Morgan fingerprint density at radius 3 is 3.00 bits per heavy atom. The number of aromatic nitrogens is 1. The van der Waals surface area contributed by atoms with E-state index in [2.05, 4.69) is 15.5 Å². The molecular weight excluding hydrogens is 234 g/mol. The fraction of sp³-hybridized carbons (Fsp3) is 0.0833. The molecule has 1 amide bonds. The standard InChI is InChI=1S/C12H11N3OS/c1-9-4-5-11(17-9)8-14-15-12(16)10-3-2-6-13-7-10/h2-8H,1H3,(H,15,16). The lowest BCUT2D eigenvalue weighted by atomic mass is 10.3. The van der Waals surface area contributed by atoms with Gasteiger partial charge in [-0.2, -0.15) is 5.10 Å². The number of hydrazone groups is 1. The fourth-order valence-electron chi connectivity index (χ4n) is 1.24. The second-order valence-electron chi connectivity index (χ2n) is 3.39. The SMILES string of the molecule is Cc1ccc(C=NNC(=O)c2cccnc2)s1. The van der Waals surface area contributed by atoms with Gasteiger partial charge < -0.3 is 0 Å². The summed E-state index contributed by atoms with van der Waals surface area (Å²) < 4.78 is 0. The number of hydrogen-bond donors (Lipinski definition) is 1. The Labute approximate surface area is 103 Å². The molecule has 17 heavy (non-hydrogen) atoms. The Balaban J connectivity index is 1.95. The Bertz CT molecular complexity index is 534. The van der Waals surface area contributed by atoms with Crippen LogP contribution in [0.2, 0.25) is 0 Å². The molecule has 0 bridgehead atoms. The van der Waals surface area contributed by atoms with Crippen molar-refractivity contribution in [1.29, 1.82) is 0 Å². The fourth-order valence-corrected chi connectivity index (χ4v) is 1.99. The van der Waals surface area contributed by atoms with E-state index in [0.717, 1.165) is 4.88 Å². The normalized spacial score (nSPS) is 10.6. The third-order valence-corrected chi connectivity index (χ3v) is 2.98. The molecule has 0 fully saturated rings. The number of hydrogen-bond acceptors (Lipinski definition) is 4. The Hall–Kier alpha value is -2.01. The van der Waals surface area contributed by atoms with Crippen LogP contribution in [0.15, 0.2) is 41.8 Å². The van der Waals surface area contributed by atoms with Crippen molar-refractivity contribution in [2.24, 2.45) is 5.10 Å². The van der Waals surface area contributed by atoms with Crippen LogP contribution >= 0.6 is 11.3 Å². The predicted octanol–water partition coefficient (Wildman–Crippen LogP) is 2.22. The molecule has 0 unspecified atom stereocenters. The van der Waals surface area contributed by atoms with Crippen LogP contribution in [-0.4, -0.2) is 17.1 Å². The summed E-state index contributed by atoms with van der Waals surface area (Å²) in [7, 11) is 0. The van der Waals surface area contributed by atoms with Crippen LogP contribution in [0.25, 0.3) is 0 Å². The van der Waals surface area contributed by atoms with E-state index in [9.17, 15) is 4.79 Å². The average Bonchev–Trinajstić information content (AvgIpc) is 2.76. The first-order chi connectivity index (χ1) is 8.25. The maximum Gasteiger partial charge on any atom is 0.272 e. The first-order valence-electron chi connectivity index (χ1n) is 5.05. The van der Waals surface area contributed by atoms with Crippen LogP contribution in [0.1, 0.15) is 20.1 Å². The van der Waals surface area contributed by atoms with Gasteiger partial charge in [0, 0.05) is 22.1 Å². The molecule has 0 aliphatic heterocycles. The van der Waals surface area contributed by atoms with Crippen molar-refractivity contribution in [3.8, 4) is 0 Å². The monoisotopic (exact) mass is 245 g/mol. The number of rotatable bonds is 3. The molecular formula is C12H11N3OS. The van der Waals surface area contributed by atoms with Gasteiger partial charge in [-0.3, -0.25) is 9.78 Å². The average molecular weight is 245 g/mol. The smallest absolute Gasteiger partial charge is 0.267 e. The van der Waals surface area contributed by atoms with Gasteiger partial charge in [-0.1, -0.05) is 0 Å². The highest BCUT2D eigenvalue weighted by molar-refractivity contribution is 7.13. The van der Waals surface area contributed by atoms with Crippen molar-refractivity contribution >= 4 is 23.5 Å². The van der Waals surface area contributed by atoms with E-state index in [1.807, 2.05) is 19.1 Å². The summed E-state index contributed by atoms with van der Waals surface area (Å²) in [5.41, 5.74) is 2.95. The summed E-state index contributed by atoms with van der Waals surface area (Å²) in [5.74, 6) is -0.261. The van der Waals surface area contributed by atoms with E-state index in [1.165, 1.54) is 11.1 Å². The van der Waals surface area contributed by atoms with E-state index in [4.69, 9.17) is 0 Å². The van der Waals surface area contributed by atoms with Crippen LogP contribution in [0, 0.1) is 6.92 Å². The lowest BCUT2D eigenvalue weighted by Crippen LogP contribution is -2.17. The third-order valence-electron chi connectivity index (χ3n) is 2.04. The Morgan fingerprint density at radius 2 is 2.35 bits per heavy atom. The van der Waals surface area contributed by atoms with Crippen molar-refractivity contribution in [2.45, 2.75) is 6.92 Å². The van der Waals surface area contributed by atoms with Gasteiger partial charge in [0.25, 0.3) is 5.91 Å². The zero-order valence-corrected chi connectivity index (χ0v) is 10.1. The Morgan fingerprint density at radius 1 is 1.47 bits per heavy atom. The molecule has 0 aliphatic rings. The summed E-state index contributed by atoms with van der Waals surface area (Å²) in [5, 5.41) is 3.89. The van der Waals surface area contributed by atoms with Gasteiger partial charge >= 0.3 is 0 Å². The van der Waals surface area contributed by atoms with Gasteiger partial charge in [-0.05, 0) is 31.2 Å². The molecule has 0 aliphatic carbocycles. The van der Waals surface area contributed by atoms with Gasteiger partial charge in [0.2, 0.25) is 0 Å². The highest BCUT2D eigenvalue weighted by Gasteiger charge is 2.02. The molecule has 0 saturated heterocycles. The van der Waals surface area contributed by atoms with Crippen molar-refractivity contribution in [2.75, 3.05) is 0 Å². The molecule has 86 valence electrons. The molecule has 2 rings (SSSR count). The summed E-state index contributed by atoms with van der Waals surface area (Å²) in [4.78, 5) is 17.7.